The topological polar surface area (TPSA) is 48.0 Å². The molecule has 0 atom stereocenters. The third-order valence-electron chi connectivity index (χ3n) is 5.02. The molecular weight excluding hydrogens is 461 g/mol. The van der Waals surface area contributed by atoms with Crippen molar-refractivity contribution in [3.8, 4) is 0 Å². The average molecular weight is 487 g/mol. The number of hydrogen-bond acceptors (Lipinski definition) is 4. The summed E-state index contributed by atoms with van der Waals surface area (Å²) in [7, 11) is 0. The molecule has 2 aromatic carbocycles. The van der Waals surface area contributed by atoms with Crippen LogP contribution in [0.5, 0.6) is 0 Å². The zero-order chi connectivity index (χ0) is 22.6. The molecule has 5 nitrogen and oxygen atoms in total. The smallest absolute Gasteiger partial charge is 0.410 e. The molecule has 0 unspecified atom stereocenters. The fourth-order valence-electron chi connectivity index (χ4n) is 3.39. The van der Waals surface area contributed by atoms with Crippen molar-refractivity contribution in [3.63, 3.8) is 0 Å². The number of likely N-dealkylation sites (tertiary alicyclic amines) is 1. The highest BCUT2D eigenvalue weighted by Crippen LogP contribution is 2.38. The molecule has 0 bridgehead atoms. The predicted octanol–water partition coefficient (Wildman–Crippen LogP) is 7.02. The molecule has 0 radical (unpaired) electrons. The van der Waals surface area contributed by atoms with E-state index >= 15 is 0 Å². The van der Waals surface area contributed by atoms with Crippen molar-refractivity contribution >= 4 is 40.9 Å². The molecule has 1 aliphatic heterocycles. The third kappa shape index (κ3) is 6.50. The molecule has 1 amide bonds. The average Bonchev–Trinajstić information content (AvgIpc) is 2.70. The van der Waals surface area contributed by atoms with E-state index in [0.29, 0.717) is 41.0 Å². The number of nitrogens with zero attached hydrogens (tertiary/aromatic N) is 1. The number of amides is 1. The molecular formula is C23H26Cl3NO4. The first kappa shape index (κ1) is 24.1. The van der Waals surface area contributed by atoms with Crippen LogP contribution < -0.4 is 0 Å². The maximum atomic E-state index is 12.5. The molecule has 31 heavy (non-hydrogen) atoms. The Bertz CT molecular complexity index is 904. The molecule has 1 fully saturated rings. The van der Waals surface area contributed by atoms with Crippen molar-refractivity contribution in [1.29, 1.82) is 0 Å². The number of piperidine rings is 1. The van der Waals surface area contributed by atoms with E-state index in [2.05, 4.69) is 0 Å². The molecule has 168 valence electrons. The number of carbonyl (C=O) groups excluding carboxylic acids is 1. The van der Waals surface area contributed by atoms with Crippen LogP contribution in [0.1, 0.15) is 44.7 Å². The van der Waals surface area contributed by atoms with E-state index in [4.69, 9.17) is 49.3 Å². The van der Waals surface area contributed by atoms with Crippen LogP contribution in [0, 0.1) is 0 Å². The van der Waals surface area contributed by atoms with E-state index in [1.54, 1.807) is 17.0 Å². The fraction of sp³-hybridized carbons (Fsp3) is 0.435. The van der Waals surface area contributed by atoms with E-state index in [1.807, 2.05) is 51.1 Å². The van der Waals surface area contributed by atoms with Gasteiger partial charge in [-0.3, -0.25) is 0 Å². The van der Waals surface area contributed by atoms with E-state index in [0.717, 1.165) is 11.1 Å². The lowest BCUT2D eigenvalue weighted by molar-refractivity contribution is -0.382. The van der Waals surface area contributed by atoms with E-state index in [-0.39, 0.29) is 12.7 Å². The van der Waals surface area contributed by atoms with Gasteiger partial charge in [0.05, 0.1) is 10.0 Å². The van der Waals surface area contributed by atoms with Gasteiger partial charge in [-0.25, -0.2) is 14.6 Å². The summed E-state index contributed by atoms with van der Waals surface area (Å²) in [6.07, 6.45) is 0.777. The van der Waals surface area contributed by atoms with Crippen LogP contribution in [0.25, 0.3) is 0 Å². The first-order chi connectivity index (χ1) is 14.6. The van der Waals surface area contributed by atoms with E-state index < -0.39 is 11.2 Å². The monoisotopic (exact) mass is 485 g/mol. The van der Waals surface area contributed by atoms with Gasteiger partial charge in [0.15, 0.2) is 0 Å². The Morgan fingerprint density at radius 2 is 1.65 bits per heavy atom. The lowest BCUT2D eigenvalue weighted by Crippen LogP contribution is -2.47. The lowest BCUT2D eigenvalue weighted by Gasteiger charge is -2.41. The number of carbonyl (C=O) groups is 1. The Labute approximate surface area is 198 Å². The van der Waals surface area contributed by atoms with Gasteiger partial charge in [0.1, 0.15) is 17.8 Å². The van der Waals surface area contributed by atoms with Crippen LogP contribution in [0.3, 0.4) is 0 Å². The quantitative estimate of drug-likeness (QED) is 0.336. The molecule has 2 aromatic rings. The number of halogens is 3. The van der Waals surface area contributed by atoms with Crippen molar-refractivity contribution in [2.24, 2.45) is 0 Å². The number of benzene rings is 2. The highest BCUT2D eigenvalue weighted by Gasteiger charge is 2.41. The highest BCUT2D eigenvalue weighted by atomic mass is 35.5. The van der Waals surface area contributed by atoms with Crippen molar-refractivity contribution < 1.29 is 19.3 Å². The highest BCUT2D eigenvalue weighted by molar-refractivity contribution is 6.42. The summed E-state index contributed by atoms with van der Waals surface area (Å²) < 4.78 is 5.50. The summed E-state index contributed by atoms with van der Waals surface area (Å²) in [5.41, 5.74) is 0.530. The molecule has 0 N–H and O–H groups in total. The first-order valence-electron chi connectivity index (χ1n) is 10.1. The Hall–Kier alpha value is -1.50. The maximum Gasteiger partial charge on any atom is 0.410 e. The molecule has 0 saturated carbocycles. The lowest BCUT2D eigenvalue weighted by atomic mass is 9.84. The van der Waals surface area contributed by atoms with Crippen LogP contribution in [0.15, 0.2) is 42.5 Å². The van der Waals surface area contributed by atoms with Crippen LogP contribution in [0.2, 0.25) is 15.1 Å². The SMILES string of the molecule is CC(C)(C)OC(=O)N1CCC(OOCc2ccc(Cl)c(Cl)c2)(c2ccc(Cl)cc2)CC1. The third-order valence-corrected chi connectivity index (χ3v) is 6.01. The minimum Gasteiger partial charge on any atom is -0.444 e. The molecule has 3 rings (SSSR count). The normalized spacial score (nSPS) is 16.3. The van der Waals surface area contributed by atoms with Gasteiger partial charge in [-0.2, -0.15) is 0 Å². The summed E-state index contributed by atoms with van der Waals surface area (Å²) >= 11 is 18.1. The van der Waals surface area contributed by atoms with Gasteiger partial charge in [-0.15, -0.1) is 0 Å². The number of rotatable bonds is 5. The Balaban J connectivity index is 1.70. The van der Waals surface area contributed by atoms with Crippen LogP contribution in [0.4, 0.5) is 4.79 Å². The summed E-state index contributed by atoms with van der Waals surface area (Å²) in [5.74, 6) is 0. The van der Waals surface area contributed by atoms with Gasteiger partial charge in [0, 0.05) is 31.0 Å². The Morgan fingerprint density at radius 1 is 1.00 bits per heavy atom. The van der Waals surface area contributed by atoms with Gasteiger partial charge in [0.2, 0.25) is 0 Å². The molecule has 1 heterocycles. The summed E-state index contributed by atoms with van der Waals surface area (Å²) in [6, 6.07) is 12.8. The number of hydrogen-bond donors (Lipinski definition) is 0. The second kappa shape index (κ2) is 9.97. The van der Waals surface area contributed by atoms with E-state index in [9.17, 15) is 4.79 Å². The molecule has 0 aliphatic carbocycles. The van der Waals surface area contributed by atoms with Gasteiger partial charge in [-0.05, 0) is 56.2 Å². The second-order valence-electron chi connectivity index (χ2n) is 8.56. The molecule has 1 aliphatic rings. The van der Waals surface area contributed by atoms with Gasteiger partial charge < -0.3 is 9.64 Å². The van der Waals surface area contributed by atoms with Gasteiger partial charge in [0.25, 0.3) is 0 Å². The molecule has 1 saturated heterocycles. The summed E-state index contributed by atoms with van der Waals surface area (Å²) in [4.78, 5) is 25.8. The van der Waals surface area contributed by atoms with Crippen molar-refractivity contribution in [2.45, 2.75) is 51.4 Å². The molecule has 0 aromatic heterocycles. The zero-order valence-corrected chi connectivity index (χ0v) is 20.1. The van der Waals surface area contributed by atoms with Crippen LogP contribution >= 0.6 is 34.8 Å². The van der Waals surface area contributed by atoms with Crippen molar-refractivity contribution in [2.75, 3.05) is 13.1 Å². The fourth-order valence-corrected chi connectivity index (χ4v) is 3.84. The van der Waals surface area contributed by atoms with Crippen LogP contribution in [-0.2, 0) is 26.7 Å². The van der Waals surface area contributed by atoms with E-state index in [1.165, 1.54) is 0 Å². The van der Waals surface area contributed by atoms with Gasteiger partial charge in [-0.1, -0.05) is 53.0 Å². The summed E-state index contributed by atoms with van der Waals surface area (Å²) in [5, 5.41) is 1.58. The second-order valence-corrected chi connectivity index (χ2v) is 9.81. The van der Waals surface area contributed by atoms with Crippen molar-refractivity contribution in [1.82, 2.24) is 4.90 Å². The Kier molecular flexibility index (Phi) is 7.76. The Morgan fingerprint density at radius 3 is 2.23 bits per heavy atom. The standard InChI is InChI=1S/C23H26Cl3NO4/c1-22(2,3)30-21(28)27-12-10-23(11-13-27,17-5-7-18(24)8-6-17)31-29-15-16-4-9-19(25)20(26)14-16/h4-9,14H,10-13,15H2,1-3H3. The van der Waals surface area contributed by atoms with Gasteiger partial charge >= 0.3 is 6.09 Å². The minimum absolute atomic E-state index is 0.210. The first-order valence-corrected chi connectivity index (χ1v) is 11.2. The minimum atomic E-state index is -0.709. The van der Waals surface area contributed by atoms with Crippen LogP contribution in [-0.4, -0.2) is 29.7 Å². The maximum absolute atomic E-state index is 12.5. The zero-order valence-electron chi connectivity index (χ0n) is 17.8. The summed E-state index contributed by atoms with van der Waals surface area (Å²) in [6.45, 7) is 6.73. The predicted molar refractivity (Wildman–Crippen MR) is 123 cm³/mol. The molecule has 0 spiro atoms. The number of ether oxygens (including phenoxy) is 1. The molecule has 8 heteroatoms. The van der Waals surface area contributed by atoms with Crippen molar-refractivity contribution in [3.05, 3.63) is 68.7 Å². The largest absolute Gasteiger partial charge is 0.444 e.